The molecule has 0 bridgehead atoms. The Morgan fingerprint density at radius 2 is 1.86 bits per heavy atom. The highest BCUT2D eigenvalue weighted by Gasteiger charge is 2.25. The quantitative estimate of drug-likeness (QED) is 0.288. The van der Waals surface area contributed by atoms with Crippen LogP contribution < -0.4 is 10.5 Å². The number of nitrogens with one attached hydrogen (secondary N) is 1. The number of nitrogens with two attached hydrogens (primary N) is 1. The van der Waals surface area contributed by atoms with Crippen LogP contribution in [0.5, 0.6) is 0 Å². The smallest absolute Gasteiger partial charge is 0.231 e. The summed E-state index contributed by atoms with van der Waals surface area (Å²) in [7, 11) is -1.91. The lowest BCUT2D eigenvalue weighted by Gasteiger charge is -2.20. The van der Waals surface area contributed by atoms with E-state index in [2.05, 4.69) is 21.7 Å². The lowest BCUT2D eigenvalue weighted by atomic mass is 9.87. The van der Waals surface area contributed by atoms with Crippen molar-refractivity contribution in [2.24, 2.45) is 18.7 Å². The summed E-state index contributed by atoms with van der Waals surface area (Å²) in [6.45, 7) is 1.29. The van der Waals surface area contributed by atoms with Crippen LogP contribution in [0.25, 0.3) is 22.0 Å². The van der Waals surface area contributed by atoms with Gasteiger partial charge in [0.15, 0.2) is 5.82 Å². The third-order valence-electron chi connectivity index (χ3n) is 7.23. The zero-order valence-electron chi connectivity index (χ0n) is 23.7. The molecule has 0 unspecified atom stereocenters. The monoisotopic (exact) mass is 607 g/mol. The first-order chi connectivity index (χ1) is 20.5. The van der Waals surface area contributed by atoms with Gasteiger partial charge in [-0.2, -0.15) is 5.10 Å². The van der Waals surface area contributed by atoms with E-state index in [1.54, 1.807) is 29.9 Å². The summed E-state index contributed by atoms with van der Waals surface area (Å²) in [6.07, 6.45) is 2.62. The second kappa shape index (κ2) is 12.5. The number of sulfonamides is 1. The molecule has 1 fully saturated rings. The van der Waals surface area contributed by atoms with E-state index >= 15 is 0 Å². The Hall–Kier alpha value is -4.34. The van der Waals surface area contributed by atoms with Crippen molar-refractivity contribution in [3.63, 3.8) is 0 Å². The van der Waals surface area contributed by atoms with Gasteiger partial charge in [0.1, 0.15) is 17.3 Å². The van der Waals surface area contributed by atoms with Gasteiger partial charge >= 0.3 is 0 Å². The Labute approximate surface area is 248 Å². The average Bonchev–Trinajstić information content (AvgIpc) is 3.25. The molecule has 43 heavy (non-hydrogen) atoms. The van der Waals surface area contributed by atoms with E-state index in [0.717, 1.165) is 25.2 Å². The number of anilines is 1. The fraction of sp³-hybridized carbons (Fsp3) is 0.323. The van der Waals surface area contributed by atoms with Crippen LogP contribution in [-0.4, -0.2) is 48.6 Å². The van der Waals surface area contributed by atoms with Gasteiger partial charge < -0.3 is 10.5 Å². The number of ether oxygens (including phenoxy) is 1. The molecule has 5 rings (SSSR count). The summed E-state index contributed by atoms with van der Waals surface area (Å²) in [5.41, 5.74) is 8.86. The number of fused-ring (bicyclic) bond motifs is 1. The van der Waals surface area contributed by atoms with E-state index in [4.69, 9.17) is 15.5 Å². The van der Waals surface area contributed by atoms with Crippen molar-refractivity contribution in [3.8, 4) is 23.0 Å². The standard InChI is InChI=1S/C31H31F2N5O4S/c1-38-30-26(4-3-5-27(30)31(36-38)37-43(2,40)41)25-9-8-24(7-6-19-10-12-42-13-11-19)35-29(25)21(17-28(34)39)14-20-15-22(32)18-23(33)16-20/h3-5,8-9,15-16,18-19,21H,10-14,17H2,1-2H3,(H2,34,39)(H,36,37)/t21-/m0/s1. The van der Waals surface area contributed by atoms with Gasteiger partial charge in [0.25, 0.3) is 0 Å². The molecule has 2 aromatic heterocycles. The highest BCUT2D eigenvalue weighted by molar-refractivity contribution is 7.92. The summed E-state index contributed by atoms with van der Waals surface area (Å²) in [6, 6.07) is 12.2. The predicted octanol–water partition coefficient (Wildman–Crippen LogP) is 4.26. The molecule has 1 atom stereocenters. The van der Waals surface area contributed by atoms with Crippen LogP contribution >= 0.6 is 0 Å². The number of para-hydroxylation sites is 1. The minimum atomic E-state index is -3.60. The first-order valence-corrected chi connectivity index (χ1v) is 15.6. The number of aryl methyl sites for hydroxylation is 1. The van der Waals surface area contributed by atoms with Crippen LogP contribution in [0.1, 0.15) is 42.1 Å². The number of benzene rings is 2. The van der Waals surface area contributed by atoms with Crippen molar-refractivity contribution in [1.29, 1.82) is 0 Å². The van der Waals surface area contributed by atoms with Crippen molar-refractivity contribution in [3.05, 3.63) is 77.1 Å². The fourth-order valence-electron chi connectivity index (χ4n) is 5.43. The van der Waals surface area contributed by atoms with Gasteiger partial charge in [0, 0.05) is 61.1 Å². The number of rotatable bonds is 8. The molecule has 1 amide bonds. The summed E-state index contributed by atoms with van der Waals surface area (Å²) in [4.78, 5) is 17.2. The molecule has 0 radical (unpaired) electrons. The van der Waals surface area contributed by atoms with Gasteiger partial charge in [0.05, 0.1) is 17.5 Å². The second-order valence-corrected chi connectivity index (χ2v) is 12.4. The molecule has 9 nitrogen and oxygen atoms in total. The van der Waals surface area contributed by atoms with Crippen LogP contribution in [0.3, 0.4) is 0 Å². The Bertz CT molecular complexity index is 1840. The zero-order chi connectivity index (χ0) is 30.7. The van der Waals surface area contributed by atoms with Crippen LogP contribution in [0.4, 0.5) is 14.6 Å². The largest absolute Gasteiger partial charge is 0.381 e. The van der Waals surface area contributed by atoms with Crippen molar-refractivity contribution < 1.29 is 26.7 Å². The molecule has 2 aromatic carbocycles. The van der Waals surface area contributed by atoms with E-state index in [9.17, 15) is 22.0 Å². The van der Waals surface area contributed by atoms with E-state index in [0.29, 0.717) is 52.2 Å². The second-order valence-electron chi connectivity index (χ2n) is 10.7. The molecular formula is C31H31F2N5O4S. The molecule has 1 saturated heterocycles. The molecule has 3 heterocycles. The maximum atomic E-state index is 14.1. The minimum Gasteiger partial charge on any atom is -0.381 e. The van der Waals surface area contributed by atoms with Crippen LogP contribution in [0.2, 0.25) is 0 Å². The highest BCUT2D eigenvalue weighted by Crippen LogP contribution is 2.38. The van der Waals surface area contributed by atoms with Crippen molar-refractivity contribution in [2.75, 3.05) is 24.2 Å². The van der Waals surface area contributed by atoms with E-state index < -0.39 is 33.5 Å². The zero-order valence-corrected chi connectivity index (χ0v) is 24.5. The first-order valence-electron chi connectivity index (χ1n) is 13.7. The topological polar surface area (TPSA) is 129 Å². The SMILES string of the molecule is Cn1nc(NS(C)(=O)=O)c2cccc(-c3ccc(C#CC4CCOCC4)nc3[C@H](CC(N)=O)Cc3cc(F)cc(F)c3)c21. The molecule has 3 N–H and O–H groups in total. The van der Waals surface area contributed by atoms with Crippen molar-refractivity contribution in [2.45, 2.75) is 31.6 Å². The Kier molecular flexibility index (Phi) is 8.75. The van der Waals surface area contributed by atoms with Gasteiger partial charge in [-0.25, -0.2) is 22.2 Å². The molecule has 12 heteroatoms. The van der Waals surface area contributed by atoms with Crippen molar-refractivity contribution >= 4 is 32.7 Å². The van der Waals surface area contributed by atoms with Gasteiger partial charge in [-0.05, 0) is 61.1 Å². The van der Waals surface area contributed by atoms with Gasteiger partial charge in [-0.15, -0.1) is 0 Å². The van der Waals surface area contributed by atoms with Crippen molar-refractivity contribution in [1.82, 2.24) is 14.8 Å². The highest BCUT2D eigenvalue weighted by atomic mass is 32.2. The third kappa shape index (κ3) is 7.36. The molecule has 0 saturated carbocycles. The van der Waals surface area contributed by atoms with E-state index in [-0.39, 0.29) is 24.6 Å². The van der Waals surface area contributed by atoms with Crippen LogP contribution in [-0.2, 0) is 33.0 Å². The Balaban J connectivity index is 1.68. The average molecular weight is 608 g/mol. The number of carbonyl (C=O) groups excluding carboxylic acids is 1. The molecule has 4 aromatic rings. The number of hydrogen-bond acceptors (Lipinski definition) is 6. The molecule has 224 valence electrons. The minimum absolute atomic E-state index is 0.0801. The summed E-state index contributed by atoms with van der Waals surface area (Å²) in [5, 5.41) is 4.94. The van der Waals surface area contributed by atoms with Gasteiger partial charge in [-0.1, -0.05) is 18.1 Å². The number of pyridine rings is 1. The molecule has 1 aliphatic heterocycles. The number of primary amides is 1. The van der Waals surface area contributed by atoms with E-state index in [1.807, 2.05) is 12.1 Å². The first kappa shape index (κ1) is 30.1. The molecule has 1 aliphatic rings. The number of aromatic nitrogens is 3. The molecule has 0 spiro atoms. The lowest BCUT2D eigenvalue weighted by molar-refractivity contribution is -0.118. The predicted molar refractivity (Wildman–Crippen MR) is 159 cm³/mol. The lowest BCUT2D eigenvalue weighted by Crippen LogP contribution is -2.19. The number of amides is 1. The summed E-state index contributed by atoms with van der Waals surface area (Å²) >= 11 is 0. The normalized spacial score (nSPS) is 14.7. The number of hydrogen-bond donors (Lipinski definition) is 2. The fourth-order valence-corrected chi connectivity index (χ4v) is 5.93. The third-order valence-corrected chi connectivity index (χ3v) is 7.79. The van der Waals surface area contributed by atoms with E-state index in [1.165, 1.54) is 12.1 Å². The number of nitrogens with zero attached hydrogens (tertiary/aromatic N) is 3. The van der Waals surface area contributed by atoms with Gasteiger partial charge in [-0.3, -0.25) is 14.2 Å². The number of carbonyl (C=O) groups is 1. The number of halogens is 2. The van der Waals surface area contributed by atoms with Gasteiger partial charge in [0.2, 0.25) is 15.9 Å². The molecular weight excluding hydrogens is 576 g/mol. The van der Waals surface area contributed by atoms with Crippen LogP contribution in [0, 0.1) is 29.4 Å². The Morgan fingerprint density at radius 3 is 2.53 bits per heavy atom. The summed E-state index contributed by atoms with van der Waals surface area (Å²) < 4.78 is 61.7. The summed E-state index contributed by atoms with van der Waals surface area (Å²) in [5.74, 6) is 4.03. The molecule has 0 aliphatic carbocycles. The van der Waals surface area contributed by atoms with Crippen LogP contribution in [0.15, 0.2) is 48.5 Å². The maximum Gasteiger partial charge on any atom is 0.231 e. The maximum absolute atomic E-state index is 14.1. The Morgan fingerprint density at radius 1 is 1.14 bits per heavy atom.